The zero-order valence-corrected chi connectivity index (χ0v) is 5.52. The van der Waals surface area contributed by atoms with Gasteiger partial charge in [0.1, 0.15) is 11.6 Å². The summed E-state index contributed by atoms with van der Waals surface area (Å²) >= 11 is 0. The molecular formula is C7H10O2. The lowest BCUT2D eigenvalue weighted by molar-refractivity contribution is -0.123. The van der Waals surface area contributed by atoms with E-state index in [1.54, 1.807) is 6.92 Å². The minimum absolute atomic E-state index is 0.0532. The van der Waals surface area contributed by atoms with E-state index in [0.29, 0.717) is 12.8 Å². The van der Waals surface area contributed by atoms with Crippen molar-refractivity contribution in [2.24, 2.45) is 5.92 Å². The number of ketones is 2. The number of carbonyl (C=O) groups excluding carboxylic acids is 2. The van der Waals surface area contributed by atoms with Crippen molar-refractivity contribution in [1.82, 2.24) is 0 Å². The summed E-state index contributed by atoms with van der Waals surface area (Å²) in [6.45, 7) is 1.56. The molecule has 1 aliphatic carbocycles. The Morgan fingerprint density at radius 2 is 2.33 bits per heavy atom. The third kappa shape index (κ3) is 1.37. The van der Waals surface area contributed by atoms with Gasteiger partial charge in [0.2, 0.25) is 0 Å². The van der Waals surface area contributed by atoms with Crippen molar-refractivity contribution in [1.29, 1.82) is 0 Å². The summed E-state index contributed by atoms with van der Waals surface area (Å²) in [5.41, 5.74) is 0. The molecule has 0 saturated heterocycles. The largest absolute Gasteiger partial charge is 0.300 e. The number of Topliss-reactive ketones (excluding diaryl/α,β-unsaturated/α-hetero) is 2. The van der Waals surface area contributed by atoms with Gasteiger partial charge in [0.05, 0.1) is 0 Å². The van der Waals surface area contributed by atoms with Crippen LogP contribution in [0.1, 0.15) is 26.2 Å². The quantitative estimate of drug-likeness (QED) is 0.524. The molecule has 0 bridgehead atoms. The lowest BCUT2D eigenvalue weighted by Gasteiger charge is -1.98. The standard InChI is InChI=1S/C7H10O2/c1-5(8)6-2-3-7(9)4-6/h6H,2-4H2,1H3/t6-/m0/s1. The smallest absolute Gasteiger partial charge is 0.133 e. The van der Waals surface area contributed by atoms with Crippen LogP contribution in [0.2, 0.25) is 0 Å². The molecule has 2 heteroatoms. The van der Waals surface area contributed by atoms with Crippen molar-refractivity contribution in [2.45, 2.75) is 26.2 Å². The molecule has 1 fully saturated rings. The van der Waals surface area contributed by atoms with Crippen LogP contribution in [0.4, 0.5) is 0 Å². The van der Waals surface area contributed by atoms with Gasteiger partial charge in [0.15, 0.2) is 0 Å². The Morgan fingerprint density at radius 1 is 1.67 bits per heavy atom. The highest BCUT2D eigenvalue weighted by Crippen LogP contribution is 2.21. The molecule has 0 amide bonds. The van der Waals surface area contributed by atoms with Gasteiger partial charge < -0.3 is 0 Å². The summed E-state index contributed by atoms with van der Waals surface area (Å²) in [5, 5.41) is 0. The number of hydrogen-bond donors (Lipinski definition) is 0. The minimum atomic E-state index is 0.0532. The molecule has 0 heterocycles. The van der Waals surface area contributed by atoms with Gasteiger partial charge in [0.25, 0.3) is 0 Å². The fourth-order valence-corrected chi connectivity index (χ4v) is 1.16. The summed E-state index contributed by atoms with van der Waals surface area (Å²) in [6.07, 6.45) is 1.90. The molecule has 1 aliphatic rings. The lowest BCUT2D eigenvalue weighted by atomic mass is 10.0. The predicted octanol–water partition coefficient (Wildman–Crippen LogP) is 0.945. The van der Waals surface area contributed by atoms with Crippen LogP contribution in [0.3, 0.4) is 0 Å². The molecule has 2 nitrogen and oxygen atoms in total. The normalized spacial score (nSPS) is 26.8. The van der Waals surface area contributed by atoms with Crippen molar-refractivity contribution in [3.05, 3.63) is 0 Å². The molecule has 0 radical (unpaired) electrons. The highest BCUT2D eigenvalue weighted by Gasteiger charge is 2.24. The molecule has 0 aliphatic heterocycles. The van der Waals surface area contributed by atoms with Gasteiger partial charge in [-0.1, -0.05) is 0 Å². The van der Waals surface area contributed by atoms with E-state index in [1.165, 1.54) is 0 Å². The number of hydrogen-bond acceptors (Lipinski definition) is 2. The summed E-state index contributed by atoms with van der Waals surface area (Å²) in [5.74, 6) is 0.466. The lowest BCUT2D eigenvalue weighted by Crippen LogP contribution is -2.05. The van der Waals surface area contributed by atoms with E-state index in [0.717, 1.165) is 6.42 Å². The van der Waals surface area contributed by atoms with E-state index in [4.69, 9.17) is 0 Å². The van der Waals surface area contributed by atoms with Crippen molar-refractivity contribution >= 4 is 11.6 Å². The average molecular weight is 126 g/mol. The Labute approximate surface area is 54.2 Å². The van der Waals surface area contributed by atoms with Gasteiger partial charge in [-0.25, -0.2) is 0 Å². The Morgan fingerprint density at radius 3 is 2.56 bits per heavy atom. The van der Waals surface area contributed by atoms with Crippen LogP contribution in [0.15, 0.2) is 0 Å². The van der Waals surface area contributed by atoms with Gasteiger partial charge in [-0.2, -0.15) is 0 Å². The Hall–Kier alpha value is -0.660. The van der Waals surface area contributed by atoms with Crippen molar-refractivity contribution in [2.75, 3.05) is 0 Å². The molecule has 0 spiro atoms. The van der Waals surface area contributed by atoms with Gasteiger partial charge in [-0.05, 0) is 13.3 Å². The van der Waals surface area contributed by atoms with Crippen LogP contribution in [0.5, 0.6) is 0 Å². The molecule has 1 atom stereocenters. The second kappa shape index (κ2) is 2.29. The van der Waals surface area contributed by atoms with E-state index in [2.05, 4.69) is 0 Å². The molecule has 1 rings (SSSR count). The van der Waals surface area contributed by atoms with E-state index in [-0.39, 0.29) is 17.5 Å². The predicted molar refractivity (Wildman–Crippen MR) is 33.0 cm³/mol. The average Bonchev–Trinajstić information content (AvgIpc) is 2.14. The van der Waals surface area contributed by atoms with Crippen molar-refractivity contribution in [3.8, 4) is 0 Å². The first-order valence-corrected chi connectivity index (χ1v) is 3.22. The van der Waals surface area contributed by atoms with Gasteiger partial charge in [-0.3, -0.25) is 9.59 Å². The Bertz CT molecular complexity index is 149. The van der Waals surface area contributed by atoms with E-state index < -0.39 is 0 Å². The third-order valence-electron chi connectivity index (χ3n) is 1.82. The zero-order valence-electron chi connectivity index (χ0n) is 5.52. The Balaban J connectivity index is 2.48. The fourth-order valence-electron chi connectivity index (χ4n) is 1.16. The highest BCUT2D eigenvalue weighted by molar-refractivity contribution is 5.89. The second-order valence-corrected chi connectivity index (χ2v) is 2.59. The van der Waals surface area contributed by atoms with Gasteiger partial charge in [-0.15, -0.1) is 0 Å². The molecule has 0 unspecified atom stereocenters. The maximum atomic E-state index is 10.6. The molecule has 0 aromatic carbocycles. The van der Waals surface area contributed by atoms with Crippen LogP contribution in [0, 0.1) is 5.92 Å². The fraction of sp³-hybridized carbons (Fsp3) is 0.714. The molecular weight excluding hydrogens is 116 g/mol. The van der Waals surface area contributed by atoms with Gasteiger partial charge in [0, 0.05) is 18.8 Å². The second-order valence-electron chi connectivity index (χ2n) is 2.59. The van der Waals surface area contributed by atoms with E-state index in [1.807, 2.05) is 0 Å². The van der Waals surface area contributed by atoms with Crippen molar-refractivity contribution < 1.29 is 9.59 Å². The maximum absolute atomic E-state index is 10.6. The highest BCUT2D eigenvalue weighted by atomic mass is 16.1. The van der Waals surface area contributed by atoms with Crippen LogP contribution >= 0.6 is 0 Å². The van der Waals surface area contributed by atoms with E-state index >= 15 is 0 Å². The summed E-state index contributed by atoms with van der Waals surface area (Å²) < 4.78 is 0. The first kappa shape index (κ1) is 6.46. The number of carbonyl (C=O) groups is 2. The minimum Gasteiger partial charge on any atom is -0.300 e. The molecule has 50 valence electrons. The number of rotatable bonds is 1. The first-order chi connectivity index (χ1) is 4.20. The maximum Gasteiger partial charge on any atom is 0.133 e. The summed E-state index contributed by atoms with van der Waals surface area (Å²) in [4.78, 5) is 21.2. The zero-order chi connectivity index (χ0) is 6.85. The monoisotopic (exact) mass is 126 g/mol. The molecule has 0 N–H and O–H groups in total. The molecule has 0 aromatic rings. The van der Waals surface area contributed by atoms with Gasteiger partial charge >= 0.3 is 0 Å². The third-order valence-corrected chi connectivity index (χ3v) is 1.82. The molecule has 1 saturated carbocycles. The molecule has 9 heavy (non-hydrogen) atoms. The molecule has 0 aromatic heterocycles. The van der Waals surface area contributed by atoms with Crippen LogP contribution < -0.4 is 0 Å². The van der Waals surface area contributed by atoms with Crippen molar-refractivity contribution in [3.63, 3.8) is 0 Å². The SMILES string of the molecule is CC(=O)[C@H]1CCC(=O)C1. The van der Waals surface area contributed by atoms with Crippen LogP contribution in [0.25, 0.3) is 0 Å². The van der Waals surface area contributed by atoms with Crippen LogP contribution in [-0.2, 0) is 9.59 Å². The first-order valence-electron chi connectivity index (χ1n) is 3.22. The topological polar surface area (TPSA) is 34.1 Å². The summed E-state index contributed by atoms with van der Waals surface area (Å²) in [7, 11) is 0. The van der Waals surface area contributed by atoms with E-state index in [9.17, 15) is 9.59 Å². The Kier molecular flexibility index (Phi) is 1.65. The van der Waals surface area contributed by atoms with Crippen LogP contribution in [-0.4, -0.2) is 11.6 Å². The summed E-state index contributed by atoms with van der Waals surface area (Å²) in [6, 6.07) is 0.